The van der Waals surface area contributed by atoms with Gasteiger partial charge in [0.2, 0.25) is 5.78 Å². The summed E-state index contributed by atoms with van der Waals surface area (Å²) in [5.74, 6) is -0.191. The predicted molar refractivity (Wildman–Crippen MR) is 95.4 cm³/mol. The second-order valence-corrected chi connectivity index (χ2v) is 6.53. The van der Waals surface area contributed by atoms with Gasteiger partial charge in [-0.1, -0.05) is 0 Å². The third-order valence-electron chi connectivity index (χ3n) is 3.61. The van der Waals surface area contributed by atoms with Crippen molar-refractivity contribution >= 4 is 34.5 Å². The number of ketones is 2. The summed E-state index contributed by atoms with van der Waals surface area (Å²) in [6.45, 7) is 1.46. The number of imidazole rings is 1. The Bertz CT molecular complexity index is 954. The molecular formula is C18H15N3O3S. The first-order valence-electron chi connectivity index (χ1n) is 7.50. The van der Waals surface area contributed by atoms with E-state index < -0.39 is 0 Å². The largest absolute Gasteiger partial charge is 0.331 e. The number of thiophene rings is 1. The lowest BCUT2D eigenvalue weighted by molar-refractivity contribution is 0.101. The molecule has 3 aromatic rings. The SMILES string of the molecule is CC(=O)c1ccc(C(=O)Nc2ccc(C(=O)c3nccn3C)cc2)s1. The van der Waals surface area contributed by atoms with Gasteiger partial charge in [0, 0.05) is 30.7 Å². The predicted octanol–water partition coefficient (Wildman–Crippen LogP) is 3.17. The van der Waals surface area contributed by atoms with Crippen molar-refractivity contribution in [1.82, 2.24) is 9.55 Å². The monoisotopic (exact) mass is 353 g/mol. The summed E-state index contributed by atoms with van der Waals surface area (Å²) in [6.07, 6.45) is 3.27. The molecule has 0 aliphatic rings. The lowest BCUT2D eigenvalue weighted by atomic mass is 10.1. The van der Waals surface area contributed by atoms with Gasteiger partial charge < -0.3 is 9.88 Å². The van der Waals surface area contributed by atoms with E-state index >= 15 is 0 Å². The molecule has 3 rings (SSSR count). The lowest BCUT2D eigenvalue weighted by Gasteiger charge is -2.05. The van der Waals surface area contributed by atoms with Crippen LogP contribution in [0, 0.1) is 0 Å². The molecule has 25 heavy (non-hydrogen) atoms. The standard InChI is InChI=1S/C18H15N3O3S/c1-11(22)14-7-8-15(25-14)18(24)20-13-5-3-12(4-6-13)16(23)17-19-9-10-21(17)2/h3-10H,1-2H3,(H,20,24). The fourth-order valence-corrected chi connectivity index (χ4v) is 3.06. The summed E-state index contributed by atoms with van der Waals surface area (Å²) < 4.78 is 1.65. The van der Waals surface area contributed by atoms with E-state index in [2.05, 4.69) is 10.3 Å². The highest BCUT2D eigenvalue weighted by Gasteiger charge is 2.15. The second kappa shape index (κ2) is 6.82. The number of aromatic nitrogens is 2. The molecule has 2 aromatic heterocycles. The molecule has 0 saturated carbocycles. The topological polar surface area (TPSA) is 81.1 Å². The Balaban J connectivity index is 1.72. The van der Waals surface area contributed by atoms with Crippen molar-refractivity contribution in [3.8, 4) is 0 Å². The molecule has 7 heteroatoms. The van der Waals surface area contributed by atoms with E-state index in [1.54, 1.807) is 60.4 Å². The van der Waals surface area contributed by atoms with Gasteiger partial charge in [0.05, 0.1) is 9.75 Å². The fraction of sp³-hybridized carbons (Fsp3) is 0.111. The first-order valence-corrected chi connectivity index (χ1v) is 8.31. The van der Waals surface area contributed by atoms with Gasteiger partial charge in [-0.2, -0.15) is 0 Å². The number of carbonyl (C=O) groups is 3. The van der Waals surface area contributed by atoms with Gasteiger partial charge >= 0.3 is 0 Å². The Morgan fingerprint density at radius 2 is 1.72 bits per heavy atom. The molecule has 0 fully saturated rings. The van der Waals surface area contributed by atoms with Crippen LogP contribution in [0.1, 0.15) is 42.4 Å². The van der Waals surface area contributed by atoms with Crippen LogP contribution in [0.4, 0.5) is 5.69 Å². The number of anilines is 1. The molecule has 0 saturated heterocycles. The highest BCUT2D eigenvalue weighted by Crippen LogP contribution is 2.19. The van der Waals surface area contributed by atoms with Crippen LogP contribution in [0.2, 0.25) is 0 Å². The van der Waals surface area contributed by atoms with Crippen LogP contribution in [0.15, 0.2) is 48.8 Å². The molecule has 0 unspecified atom stereocenters. The van der Waals surface area contributed by atoms with E-state index in [0.29, 0.717) is 26.8 Å². The molecule has 1 aromatic carbocycles. The van der Waals surface area contributed by atoms with Crippen molar-refractivity contribution in [2.45, 2.75) is 6.92 Å². The minimum absolute atomic E-state index is 0.0683. The maximum Gasteiger partial charge on any atom is 0.265 e. The number of nitrogens with zero attached hydrogens (tertiary/aromatic N) is 2. The molecule has 0 spiro atoms. The van der Waals surface area contributed by atoms with Crippen LogP contribution in [0.25, 0.3) is 0 Å². The van der Waals surface area contributed by atoms with E-state index in [0.717, 1.165) is 11.3 Å². The van der Waals surface area contributed by atoms with Gasteiger partial charge in [0.25, 0.3) is 5.91 Å². The molecule has 0 aliphatic heterocycles. The molecule has 0 aliphatic carbocycles. The van der Waals surface area contributed by atoms with E-state index in [1.807, 2.05) is 0 Å². The Hall–Kier alpha value is -3.06. The number of aryl methyl sites for hydroxylation is 1. The number of hydrogen-bond donors (Lipinski definition) is 1. The highest BCUT2D eigenvalue weighted by atomic mass is 32.1. The zero-order chi connectivity index (χ0) is 18.0. The number of Topliss-reactive ketones (excluding diaryl/α,β-unsaturated/α-hetero) is 1. The van der Waals surface area contributed by atoms with E-state index in [1.165, 1.54) is 6.92 Å². The van der Waals surface area contributed by atoms with Crippen LogP contribution in [-0.4, -0.2) is 27.0 Å². The molecule has 0 atom stereocenters. The quantitative estimate of drug-likeness (QED) is 0.715. The molecule has 0 bridgehead atoms. The number of carbonyl (C=O) groups excluding carboxylic acids is 3. The van der Waals surface area contributed by atoms with E-state index in [-0.39, 0.29) is 17.5 Å². The molecule has 126 valence electrons. The van der Waals surface area contributed by atoms with Crippen LogP contribution in [-0.2, 0) is 7.05 Å². The van der Waals surface area contributed by atoms with Gasteiger partial charge in [0.15, 0.2) is 11.6 Å². The van der Waals surface area contributed by atoms with Crippen LogP contribution in [0.5, 0.6) is 0 Å². The summed E-state index contributed by atoms with van der Waals surface area (Å²) in [4.78, 5) is 40.9. The Labute approximate surface area is 148 Å². The molecule has 2 heterocycles. The number of benzene rings is 1. The van der Waals surface area contributed by atoms with Crippen molar-refractivity contribution < 1.29 is 14.4 Å². The number of nitrogens with one attached hydrogen (secondary N) is 1. The first-order chi connectivity index (χ1) is 12.0. The minimum Gasteiger partial charge on any atom is -0.331 e. The van der Waals surface area contributed by atoms with Gasteiger partial charge in [-0.05, 0) is 43.3 Å². The number of amides is 1. The van der Waals surface area contributed by atoms with E-state index in [9.17, 15) is 14.4 Å². The summed E-state index contributed by atoms with van der Waals surface area (Å²) in [6, 6.07) is 9.86. The summed E-state index contributed by atoms with van der Waals surface area (Å²) in [5.41, 5.74) is 1.06. The van der Waals surface area contributed by atoms with Crippen molar-refractivity contribution in [1.29, 1.82) is 0 Å². The average molecular weight is 353 g/mol. The zero-order valence-corrected chi connectivity index (χ0v) is 14.5. The molecule has 1 amide bonds. The smallest absolute Gasteiger partial charge is 0.265 e. The number of rotatable bonds is 5. The van der Waals surface area contributed by atoms with Crippen LogP contribution >= 0.6 is 11.3 Å². The normalized spacial score (nSPS) is 10.5. The fourth-order valence-electron chi connectivity index (χ4n) is 2.26. The highest BCUT2D eigenvalue weighted by molar-refractivity contribution is 7.16. The Kier molecular flexibility index (Phi) is 4.58. The van der Waals surface area contributed by atoms with Gasteiger partial charge in [-0.15, -0.1) is 11.3 Å². The van der Waals surface area contributed by atoms with Crippen molar-refractivity contribution in [3.63, 3.8) is 0 Å². The van der Waals surface area contributed by atoms with E-state index in [4.69, 9.17) is 0 Å². The minimum atomic E-state index is -0.291. The molecular weight excluding hydrogens is 338 g/mol. The van der Waals surface area contributed by atoms with Crippen LogP contribution < -0.4 is 5.32 Å². The van der Waals surface area contributed by atoms with Gasteiger partial charge in [-0.3, -0.25) is 14.4 Å². The van der Waals surface area contributed by atoms with Gasteiger partial charge in [-0.25, -0.2) is 4.98 Å². The van der Waals surface area contributed by atoms with Crippen LogP contribution in [0.3, 0.4) is 0 Å². The first kappa shape index (κ1) is 16.8. The van der Waals surface area contributed by atoms with Crippen molar-refractivity contribution in [2.75, 3.05) is 5.32 Å². The van der Waals surface area contributed by atoms with Crippen molar-refractivity contribution in [2.24, 2.45) is 7.05 Å². The molecule has 1 N–H and O–H groups in total. The van der Waals surface area contributed by atoms with Crippen molar-refractivity contribution in [3.05, 3.63) is 69.9 Å². The zero-order valence-electron chi connectivity index (χ0n) is 13.6. The average Bonchev–Trinajstić information content (AvgIpc) is 3.24. The Morgan fingerprint density at radius 1 is 1.04 bits per heavy atom. The summed E-state index contributed by atoms with van der Waals surface area (Å²) in [5, 5.41) is 2.75. The second-order valence-electron chi connectivity index (χ2n) is 5.44. The maximum absolute atomic E-state index is 12.3. The summed E-state index contributed by atoms with van der Waals surface area (Å²) in [7, 11) is 1.76. The summed E-state index contributed by atoms with van der Waals surface area (Å²) >= 11 is 1.15. The maximum atomic E-state index is 12.3. The molecule has 6 nitrogen and oxygen atoms in total. The molecule has 0 radical (unpaired) electrons. The Morgan fingerprint density at radius 3 is 2.28 bits per heavy atom. The lowest BCUT2D eigenvalue weighted by Crippen LogP contribution is -2.11. The third-order valence-corrected chi connectivity index (χ3v) is 4.79. The number of hydrogen-bond acceptors (Lipinski definition) is 5. The van der Waals surface area contributed by atoms with Gasteiger partial charge in [0.1, 0.15) is 0 Å². The third kappa shape index (κ3) is 3.56.